The van der Waals surface area contributed by atoms with Crippen LogP contribution in [0.1, 0.15) is 25.3 Å². The van der Waals surface area contributed by atoms with Crippen LogP contribution >= 0.6 is 0 Å². The lowest BCUT2D eigenvalue weighted by Gasteiger charge is -2.06. The van der Waals surface area contributed by atoms with Crippen LogP contribution in [-0.4, -0.2) is 4.57 Å². The Balaban J connectivity index is 2.95. The van der Waals surface area contributed by atoms with E-state index in [1.54, 1.807) is 16.8 Å². The number of hydrogen-bond acceptors (Lipinski definition) is 2. The van der Waals surface area contributed by atoms with Crippen LogP contribution in [0.3, 0.4) is 0 Å². The van der Waals surface area contributed by atoms with E-state index in [1.165, 1.54) is 0 Å². The quantitative estimate of drug-likeness (QED) is 0.767. The lowest BCUT2D eigenvalue weighted by atomic mass is 10.2. The summed E-state index contributed by atoms with van der Waals surface area (Å²) in [6, 6.07) is 1.59. The summed E-state index contributed by atoms with van der Waals surface area (Å²) < 4.78 is 1.67. The van der Waals surface area contributed by atoms with Crippen molar-refractivity contribution in [1.29, 1.82) is 0 Å². The second kappa shape index (κ2) is 4.12. The zero-order valence-electron chi connectivity index (χ0n) is 8.21. The van der Waals surface area contributed by atoms with Crippen LogP contribution in [0, 0.1) is 6.92 Å². The molecule has 13 heavy (non-hydrogen) atoms. The van der Waals surface area contributed by atoms with Crippen molar-refractivity contribution in [3.63, 3.8) is 0 Å². The van der Waals surface area contributed by atoms with Crippen molar-refractivity contribution >= 4 is 5.69 Å². The molecule has 0 saturated carbocycles. The summed E-state index contributed by atoms with van der Waals surface area (Å²) in [5.41, 5.74) is 7.29. The van der Waals surface area contributed by atoms with Gasteiger partial charge in [-0.1, -0.05) is 13.3 Å². The van der Waals surface area contributed by atoms with Gasteiger partial charge < -0.3 is 10.3 Å². The van der Waals surface area contributed by atoms with E-state index in [2.05, 4.69) is 6.92 Å². The molecule has 72 valence electrons. The highest BCUT2D eigenvalue weighted by molar-refractivity contribution is 5.42. The number of nitrogen functional groups attached to an aromatic ring is 1. The van der Waals surface area contributed by atoms with Gasteiger partial charge in [0.15, 0.2) is 0 Å². The van der Waals surface area contributed by atoms with Crippen LogP contribution in [0.2, 0.25) is 0 Å². The van der Waals surface area contributed by atoms with E-state index in [4.69, 9.17) is 5.73 Å². The monoisotopic (exact) mass is 180 g/mol. The van der Waals surface area contributed by atoms with Crippen LogP contribution in [0.15, 0.2) is 17.1 Å². The average Bonchev–Trinajstić information content (AvgIpc) is 2.09. The average molecular weight is 180 g/mol. The van der Waals surface area contributed by atoms with Crippen LogP contribution in [0.4, 0.5) is 5.69 Å². The SMILES string of the molecule is CCCCn1cc(N)c(C)cc1=O. The number of aromatic nitrogens is 1. The fourth-order valence-electron chi connectivity index (χ4n) is 1.19. The minimum atomic E-state index is 0.0418. The van der Waals surface area contributed by atoms with Gasteiger partial charge in [0.2, 0.25) is 0 Å². The number of aryl methyl sites for hydroxylation is 2. The maximum absolute atomic E-state index is 11.4. The summed E-state index contributed by atoms with van der Waals surface area (Å²) >= 11 is 0. The van der Waals surface area contributed by atoms with Crippen molar-refractivity contribution in [3.8, 4) is 0 Å². The standard InChI is InChI=1S/C10H16N2O/c1-3-4-5-12-7-9(11)8(2)6-10(12)13/h6-7H,3-5,11H2,1-2H3. The molecule has 0 radical (unpaired) electrons. The molecule has 0 bridgehead atoms. The fourth-order valence-corrected chi connectivity index (χ4v) is 1.19. The summed E-state index contributed by atoms with van der Waals surface area (Å²) in [6.07, 6.45) is 3.83. The Bertz CT molecular complexity index is 341. The predicted octanol–water partition coefficient (Wildman–Crippen LogP) is 1.54. The van der Waals surface area contributed by atoms with E-state index in [-0.39, 0.29) is 5.56 Å². The highest BCUT2D eigenvalue weighted by atomic mass is 16.1. The third-order valence-electron chi connectivity index (χ3n) is 2.13. The van der Waals surface area contributed by atoms with Crippen LogP contribution in [0.5, 0.6) is 0 Å². The van der Waals surface area contributed by atoms with E-state index in [9.17, 15) is 4.79 Å². The van der Waals surface area contributed by atoms with Gasteiger partial charge in [-0.25, -0.2) is 0 Å². The lowest BCUT2D eigenvalue weighted by molar-refractivity contribution is 0.613. The summed E-state index contributed by atoms with van der Waals surface area (Å²) in [7, 11) is 0. The van der Waals surface area contributed by atoms with E-state index in [0.717, 1.165) is 24.9 Å². The van der Waals surface area contributed by atoms with Crippen molar-refractivity contribution in [2.24, 2.45) is 0 Å². The summed E-state index contributed by atoms with van der Waals surface area (Å²) in [4.78, 5) is 11.4. The molecule has 0 spiro atoms. The Labute approximate surface area is 78.2 Å². The maximum atomic E-state index is 11.4. The van der Waals surface area contributed by atoms with Gasteiger partial charge in [0.25, 0.3) is 5.56 Å². The molecule has 3 nitrogen and oxygen atoms in total. The first-order chi connectivity index (χ1) is 6.15. The molecule has 1 aromatic rings. The predicted molar refractivity (Wildman–Crippen MR) is 54.8 cm³/mol. The van der Waals surface area contributed by atoms with Gasteiger partial charge in [0.05, 0.1) is 5.69 Å². The smallest absolute Gasteiger partial charge is 0.250 e. The molecule has 1 rings (SSSR count). The summed E-state index contributed by atoms with van der Waals surface area (Å²) in [5.74, 6) is 0. The molecule has 3 heteroatoms. The van der Waals surface area contributed by atoms with Crippen molar-refractivity contribution < 1.29 is 0 Å². The molecule has 0 aromatic carbocycles. The van der Waals surface area contributed by atoms with Gasteiger partial charge in [0.1, 0.15) is 0 Å². The number of anilines is 1. The molecule has 0 aliphatic heterocycles. The molecule has 0 amide bonds. The van der Waals surface area contributed by atoms with E-state index in [0.29, 0.717) is 5.69 Å². The first kappa shape index (κ1) is 9.84. The number of nitrogens with zero attached hydrogens (tertiary/aromatic N) is 1. The molecule has 0 aliphatic rings. The molecule has 1 aromatic heterocycles. The molecule has 0 aliphatic carbocycles. The zero-order chi connectivity index (χ0) is 9.84. The van der Waals surface area contributed by atoms with Crippen molar-refractivity contribution in [1.82, 2.24) is 4.57 Å². The highest BCUT2D eigenvalue weighted by Crippen LogP contribution is 2.05. The second-order valence-corrected chi connectivity index (χ2v) is 3.30. The minimum absolute atomic E-state index is 0.0418. The zero-order valence-corrected chi connectivity index (χ0v) is 8.21. The number of pyridine rings is 1. The van der Waals surface area contributed by atoms with Crippen LogP contribution in [-0.2, 0) is 6.54 Å². The highest BCUT2D eigenvalue weighted by Gasteiger charge is 1.99. The third-order valence-corrected chi connectivity index (χ3v) is 2.13. The Kier molecular flexibility index (Phi) is 3.12. The molecule has 1 heterocycles. The van der Waals surface area contributed by atoms with Gasteiger partial charge in [0, 0.05) is 18.8 Å². The lowest BCUT2D eigenvalue weighted by Crippen LogP contribution is -2.20. The molecular weight excluding hydrogens is 164 g/mol. The first-order valence-electron chi connectivity index (χ1n) is 4.61. The van der Waals surface area contributed by atoms with E-state index < -0.39 is 0 Å². The third kappa shape index (κ3) is 2.34. The molecule has 0 saturated heterocycles. The number of rotatable bonds is 3. The van der Waals surface area contributed by atoms with E-state index in [1.807, 2.05) is 6.92 Å². The fraction of sp³-hybridized carbons (Fsp3) is 0.500. The first-order valence-corrected chi connectivity index (χ1v) is 4.61. The topological polar surface area (TPSA) is 48.0 Å². The van der Waals surface area contributed by atoms with Crippen LogP contribution in [0.25, 0.3) is 0 Å². The number of hydrogen-bond donors (Lipinski definition) is 1. The Morgan fingerprint density at radius 1 is 1.54 bits per heavy atom. The minimum Gasteiger partial charge on any atom is -0.397 e. The number of nitrogens with two attached hydrogens (primary N) is 1. The van der Waals surface area contributed by atoms with Crippen molar-refractivity contribution in [2.45, 2.75) is 33.2 Å². The number of unbranched alkanes of at least 4 members (excludes halogenated alkanes) is 1. The van der Waals surface area contributed by atoms with Crippen molar-refractivity contribution in [2.75, 3.05) is 5.73 Å². The van der Waals surface area contributed by atoms with Gasteiger partial charge in [-0.2, -0.15) is 0 Å². The summed E-state index contributed by atoms with van der Waals surface area (Å²) in [5, 5.41) is 0. The largest absolute Gasteiger partial charge is 0.397 e. The van der Waals surface area contributed by atoms with Crippen LogP contribution < -0.4 is 11.3 Å². The van der Waals surface area contributed by atoms with Gasteiger partial charge >= 0.3 is 0 Å². The summed E-state index contributed by atoms with van der Waals surface area (Å²) in [6.45, 7) is 4.71. The van der Waals surface area contributed by atoms with E-state index >= 15 is 0 Å². The Hall–Kier alpha value is -1.25. The molecule has 0 fully saturated rings. The van der Waals surface area contributed by atoms with Gasteiger partial charge in [-0.3, -0.25) is 4.79 Å². The molecule has 0 unspecified atom stereocenters. The molecule has 2 N–H and O–H groups in total. The molecule has 0 atom stereocenters. The Morgan fingerprint density at radius 3 is 2.85 bits per heavy atom. The van der Waals surface area contributed by atoms with Crippen molar-refractivity contribution in [3.05, 3.63) is 28.2 Å². The normalized spacial score (nSPS) is 10.3. The molecular formula is C10H16N2O. The van der Waals surface area contributed by atoms with Gasteiger partial charge in [-0.15, -0.1) is 0 Å². The van der Waals surface area contributed by atoms with Gasteiger partial charge in [-0.05, 0) is 18.9 Å². The second-order valence-electron chi connectivity index (χ2n) is 3.30. The Morgan fingerprint density at radius 2 is 2.23 bits per heavy atom. The maximum Gasteiger partial charge on any atom is 0.250 e.